The molecule has 0 radical (unpaired) electrons. The fourth-order valence-corrected chi connectivity index (χ4v) is 14.9. The maximum Gasteiger partial charge on any atom is 0.311 e. The highest BCUT2D eigenvalue weighted by Crippen LogP contribution is 2.50. The van der Waals surface area contributed by atoms with Gasteiger partial charge in [0.2, 0.25) is 0 Å². The molecule has 0 spiro atoms. The molecule has 23 atom stereocenters. The molecule has 90 heavy (non-hydrogen) atoms. The van der Waals surface area contributed by atoms with Crippen LogP contribution in [-0.4, -0.2) is 220 Å². The summed E-state index contributed by atoms with van der Waals surface area (Å²) in [6.07, 6.45) is -8.03. The van der Waals surface area contributed by atoms with Crippen LogP contribution in [0.1, 0.15) is 129 Å². The zero-order chi connectivity index (χ0) is 65.1. The van der Waals surface area contributed by atoms with Crippen LogP contribution in [0.25, 0.3) is 0 Å². The molecule has 1 aliphatic carbocycles. The van der Waals surface area contributed by atoms with Crippen LogP contribution in [0.2, 0.25) is 0 Å². The van der Waals surface area contributed by atoms with Gasteiger partial charge >= 0.3 is 5.97 Å². The number of piperidine rings is 1. The predicted octanol–water partition coefficient (Wildman–Crippen LogP) is 6.98. The van der Waals surface area contributed by atoms with Gasteiger partial charge in [0, 0.05) is 106 Å². The number of aliphatic hydroxyl groups excluding tert-OH is 3. The van der Waals surface area contributed by atoms with Crippen molar-refractivity contribution in [1.82, 2.24) is 24.8 Å². The van der Waals surface area contributed by atoms with Crippen molar-refractivity contribution in [2.75, 3.05) is 66.1 Å². The van der Waals surface area contributed by atoms with Gasteiger partial charge in [-0.05, 0) is 105 Å². The number of benzene rings is 3. The lowest BCUT2D eigenvalue weighted by molar-refractivity contribution is -0.318. The monoisotopic (exact) mass is 1260 g/mol. The van der Waals surface area contributed by atoms with Gasteiger partial charge in [-0.15, -0.1) is 5.10 Å². The predicted molar refractivity (Wildman–Crippen MR) is 340 cm³/mol. The second kappa shape index (κ2) is 29.2. The molecule has 5 aliphatic rings. The number of halogens is 1. The first-order chi connectivity index (χ1) is 42.7. The number of likely N-dealkylation sites (N-methyl/N-ethyl adjacent to an activating group) is 2. The van der Waals surface area contributed by atoms with E-state index in [0.29, 0.717) is 43.5 Å². The van der Waals surface area contributed by atoms with Gasteiger partial charge in [0.15, 0.2) is 12.6 Å². The molecule has 1 unspecified atom stereocenters. The number of carbonyl (C=O) groups is 1. The average molecular weight is 1260 g/mol. The Hall–Kier alpha value is -4.85. The second-order valence-corrected chi connectivity index (χ2v) is 27.5. The Morgan fingerprint density at radius 2 is 1.49 bits per heavy atom. The second-order valence-electron chi connectivity index (χ2n) is 27.5. The van der Waals surface area contributed by atoms with Crippen molar-refractivity contribution in [3.8, 4) is 0 Å². The minimum Gasteiger partial charge on any atom is -0.459 e. The number of methoxy groups -OCH3 is 2. The smallest absolute Gasteiger partial charge is 0.311 e. The maximum absolute atomic E-state index is 15.3. The van der Waals surface area contributed by atoms with E-state index in [1.807, 2.05) is 68.9 Å². The number of fused-ring (bicyclic) bond motifs is 1. The number of carbonyl (C=O) groups excluding carboxylic acids is 1. The minimum absolute atomic E-state index is 0.0816. The molecule has 9 rings (SSSR count). The van der Waals surface area contributed by atoms with Gasteiger partial charge in [-0.2, -0.15) is 0 Å². The van der Waals surface area contributed by atoms with Gasteiger partial charge in [-0.25, -0.2) is 9.07 Å². The SMILES string of the molecule is CC[C@H]1OC(=O)[C@H](C)[C@@H](O[C@H]2C[C@@](C)(OC)[C@@H](O)[C@H](C)O2)[C@H](C)[C@@H](O[C@@H]2O[C@H](C)C[C@H](N(C)CCc3cn([C@H](CF)[C@H](OC)c4ccc(N5C[C@@H]6C(N=C(c7ccccc7)c7ccccc7)[C@@H]6C5)cc4)nn3)[C@H]2O)[C@](C)(O)C[C@@H](C)CN(C)[C@H](C)[C@@H](O)[C@]1(C)O. The first-order valence-corrected chi connectivity index (χ1v) is 32.5. The van der Waals surface area contributed by atoms with Crippen LogP contribution in [0.3, 0.4) is 0 Å². The van der Waals surface area contributed by atoms with Crippen molar-refractivity contribution in [3.63, 3.8) is 0 Å². The molecule has 21 heteroatoms. The summed E-state index contributed by atoms with van der Waals surface area (Å²) in [5.41, 5.74) is 1.19. The van der Waals surface area contributed by atoms with Gasteiger partial charge in [0.25, 0.3) is 0 Å². The third-order valence-electron chi connectivity index (χ3n) is 20.6. The van der Waals surface area contributed by atoms with E-state index >= 15 is 4.39 Å². The van der Waals surface area contributed by atoms with E-state index in [9.17, 15) is 30.3 Å². The van der Waals surface area contributed by atoms with E-state index in [0.717, 1.165) is 41.2 Å². The van der Waals surface area contributed by atoms with Gasteiger partial charge in [0.05, 0.1) is 59.0 Å². The summed E-state index contributed by atoms with van der Waals surface area (Å²) < 4.78 is 61.4. The fraction of sp³-hybridized carbons (Fsp3) is 0.681. The van der Waals surface area contributed by atoms with E-state index in [2.05, 4.69) is 75.9 Å². The van der Waals surface area contributed by atoms with Gasteiger partial charge in [-0.1, -0.05) is 98.8 Å². The summed E-state index contributed by atoms with van der Waals surface area (Å²) in [4.78, 5) is 26.3. The molecule has 498 valence electrons. The lowest BCUT2D eigenvalue weighted by atomic mass is 9.77. The molecular weight excluding hydrogens is 1150 g/mol. The van der Waals surface area contributed by atoms with Crippen LogP contribution in [0.15, 0.2) is 96.1 Å². The summed E-state index contributed by atoms with van der Waals surface area (Å²) in [5.74, 6) is -1.96. The van der Waals surface area contributed by atoms with Crippen molar-refractivity contribution in [2.45, 2.75) is 210 Å². The number of aliphatic imine (C=N–C) groups is 1. The molecule has 1 aromatic heterocycles. The zero-order valence-electron chi connectivity index (χ0n) is 55.3. The van der Waals surface area contributed by atoms with Gasteiger partial charge in [0.1, 0.15) is 48.8 Å². The lowest BCUT2D eigenvalue weighted by Gasteiger charge is -2.49. The van der Waals surface area contributed by atoms with E-state index in [1.54, 1.807) is 54.8 Å². The molecule has 5 N–H and O–H groups in total. The molecule has 4 aromatic rings. The standard InChI is InChI=1S/C69H102FN7O13/c1-15-55-69(10,83)62(79)44(6)75(12)36-40(2)33-67(8,82)64(42(4)60(43(5)65(81)88-55)89-56-34-68(9,85-14)63(80)45(7)87-56)90-66-59(78)53(32-41(3)86-66)74(11)31-30-49-37-77(73-72-49)54(35-70)61(84-13)48-26-28-50(29-27-48)76-38-51-52(39-76)58(51)71-57(46-22-18-16-19-23-46)47-24-20-17-21-25-47/h16-29,37,40-45,51-56,58-64,66,78-80,82-83H,15,30-36,38-39H2,1-14H3/t40-,41-,42+,43-,44-,45+,51-,52+,53+,54-,55-,56+,58?,59-,60+,61-,62-,63+,64-,66+,67-,68-,69-/m1/s1. The van der Waals surface area contributed by atoms with Crippen LogP contribution in [0.4, 0.5) is 10.1 Å². The van der Waals surface area contributed by atoms with Crippen molar-refractivity contribution < 1.29 is 67.9 Å². The highest BCUT2D eigenvalue weighted by atomic mass is 19.1. The number of ether oxygens (including phenoxy) is 7. The molecule has 5 heterocycles. The van der Waals surface area contributed by atoms with Crippen molar-refractivity contribution in [2.24, 2.45) is 34.6 Å². The summed E-state index contributed by atoms with van der Waals surface area (Å²) in [6, 6.07) is 27.3. The molecule has 3 aromatic carbocycles. The third-order valence-corrected chi connectivity index (χ3v) is 20.6. The van der Waals surface area contributed by atoms with Crippen molar-refractivity contribution in [1.29, 1.82) is 0 Å². The minimum atomic E-state index is -1.86. The summed E-state index contributed by atoms with van der Waals surface area (Å²) in [6.45, 7) is 19.4. The van der Waals surface area contributed by atoms with Crippen LogP contribution in [-0.2, 0) is 44.4 Å². The topological polar surface area (TPSA) is 236 Å². The number of hydrogen-bond acceptors (Lipinski definition) is 19. The average Bonchev–Trinajstić information content (AvgIpc) is 1.56. The Morgan fingerprint density at radius 3 is 2.08 bits per heavy atom. The Morgan fingerprint density at radius 1 is 0.856 bits per heavy atom. The maximum atomic E-state index is 15.3. The normalized spacial score (nSPS) is 38.0. The highest BCUT2D eigenvalue weighted by Gasteiger charge is 2.57. The Labute approximate surface area is 532 Å². The molecule has 0 amide bonds. The van der Waals surface area contributed by atoms with E-state index in [4.69, 9.17) is 38.2 Å². The van der Waals surface area contributed by atoms with Gasteiger partial charge in [-0.3, -0.25) is 9.79 Å². The van der Waals surface area contributed by atoms with Crippen molar-refractivity contribution in [3.05, 3.63) is 114 Å². The first kappa shape index (κ1) is 69.5. The van der Waals surface area contributed by atoms with E-state index in [-0.39, 0.29) is 31.2 Å². The molecular formula is C69H102FN7O13. The summed E-state index contributed by atoms with van der Waals surface area (Å²) in [5, 5.41) is 69.2. The Bertz CT molecular complexity index is 2910. The highest BCUT2D eigenvalue weighted by molar-refractivity contribution is 6.13. The molecule has 1 saturated carbocycles. The fourth-order valence-electron chi connectivity index (χ4n) is 14.9. The quantitative estimate of drug-likeness (QED) is 0.0471. The summed E-state index contributed by atoms with van der Waals surface area (Å²) in [7, 11) is 6.81. The Kier molecular flexibility index (Phi) is 22.5. The van der Waals surface area contributed by atoms with Crippen LogP contribution >= 0.6 is 0 Å². The number of anilines is 1. The number of aliphatic hydroxyl groups is 5. The van der Waals surface area contributed by atoms with E-state index < -0.39 is 127 Å². The van der Waals surface area contributed by atoms with Crippen molar-refractivity contribution >= 4 is 17.4 Å². The van der Waals surface area contributed by atoms with Crippen LogP contribution in [0.5, 0.6) is 0 Å². The number of alkyl halides is 1. The lowest BCUT2D eigenvalue weighted by Crippen LogP contribution is -2.61. The number of cyclic esters (lactones) is 1. The summed E-state index contributed by atoms with van der Waals surface area (Å²) >= 11 is 0. The number of rotatable bonds is 19. The van der Waals surface area contributed by atoms with E-state index in [1.165, 1.54) is 18.7 Å². The van der Waals surface area contributed by atoms with Crippen LogP contribution in [0, 0.1) is 29.6 Å². The Balaban J connectivity index is 0.879. The first-order valence-electron chi connectivity index (χ1n) is 32.5. The zero-order valence-corrected chi connectivity index (χ0v) is 55.3. The molecule has 4 saturated heterocycles. The van der Waals surface area contributed by atoms with Gasteiger partial charge < -0.3 is 73.4 Å². The third kappa shape index (κ3) is 15.2. The van der Waals surface area contributed by atoms with Crippen LogP contribution < -0.4 is 4.90 Å². The largest absolute Gasteiger partial charge is 0.459 e. The molecule has 5 fully saturated rings. The molecule has 20 nitrogen and oxygen atoms in total. The molecule has 0 bridgehead atoms. The number of aromatic nitrogens is 3. The number of esters is 1. The number of nitrogens with zero attached hydrogens (tertiary/aromatic N) is 7. The number of hydrogen-bond donors (Lipinski definition) is 5. The molecule has 4 aliphatic heterocycles.